The van der Waals surface area contributed by atoms with E-state index >= 15 is 0 Å². The van der Waals surface area contributed by atoms with E-state index in [9.17, 15) is 19.8 Å². The Kier molecular flexibility index (Phi) is 12.6. The lowest BCUT2D eigenvalue weighted by atomic mass is 9.76. The van der Waals surface area contributed by atoms with Crippen molar-refractivity contribution < 1.29 is 29.0 Å². The molecule has 0 atom stereocenters. The SMILES string of the molecule is CCCCN1/C(=C/C2=C(O)C(=C/C3=[N+](CCCC)c4ccccc4C3(C)C)/C2=O)C(C)(C)c2cc3c(cc21)N(CCCC)/C(=C/C1=C(O)C(=C/C2=[N+](CCCC)c4ccccc4C2(C)C)/C1=O)C3(C)C. The van der Waals surface area contributed by atoms with Crippen LogP contribution in [-0.4, -0.2) is 68.5 Å². The van der Waals surface area contributed by atoms with E-state index in [0.717, 1.165) is 112 Å². The van der Waals surface area contributed by atoms with Crippen LogP contribution < -0.4 is 9.80 Å². The van der Waals surface area contributed by atoms with Crippen LogP contribution in [0, 0.1) is 0 Å². The fourth-order valence-corrected chi connectivity index (χ4v) is 12.2. The second kappa shape index (κ2) is 18.0. The van der Waals surface area contributed by atoms with Crippen LogP contribution in [0.1, 0.15) is 157 Å². The number of Topliss-reactive ketones (excluding diaryl/α,β-unsaturated/α-hetero) is 2. The summed E-state index contributed by atoms with van der Waals surface area (Å²) in [5, 5.41) is 23.7. The lowest BCUT2D eigenvalue weighted by Crippen LogP contribution is -2.32. The molecule has 0 fully saturated rings. The molecule has 70 heavy (non-hydrogen) atoms. The maximum Gasteiger partial charge on any atom is 0.209 e. The van der Waals surface area contributed by atoms with Crippen molar-refractivity contribution in [2.24, 2.45) is 0 Å². The molecule has 366 valence electrons. The molecule has 4 heterocycles. The summed E-state index contributed by atoms with van der Waals surface area (Å²) >= 11 is 0. The number of hydrogen-bond acceptors (Lipinski definition) is 6. The molecule has 4 aliphatic heterocycles. The van der Waals surface area contributed by atoms with Gasteiger partial charge < -0.3 is 20.0 Å². The number of aliphatic hydroxyl groups is 2. The zero-order valence-corrected chi connectivity index (χ0v) is 44.1. The van der Waals surface area contributed by atoms with Crippen molar-refractivity contribution in [2.45, 2.75) is 156 Å². The molecule has 2 aliphatic carbocycles. The Balaban J connectivity index is 1.09. The van der Waals surface area contributed by atoms with E-state index in [-0.39, 0.29) is 33.9 Å². The van der Waals surface area contributed by atoms with E-state index in [1.54, 1.807) is 0 Å². The summed E-state index contributed by atoms with van der Waals surface area (Å²) in [6.45, 7) is 29.8. The number of carbonyl (C=O) groups is 2. The van der Waals surface area contributed by atoms with Gasteiger partial charge >= 0.3 is 0 Å². The van der Waals surface area contributed by atoms with Crippen molar-refractivity contribution in [1.82, 2.24) is 0 Å². The second-order valence-electron chi connectivity index (χ2n) is 22.6. The number of aliphatic hydroxyl groups excluding tert-OH is 2. The molecule has 3 aromatic rings. The molecular formula is C62H76N4O4+2. The number of fused-ring (bicyclic) bond motifs is 4. The van der Waals surface area contributed by atoms with Crippen LogP contribution in [-0.2, 0) is 31.2 Å². The predicted octanol–water partition coefficient (Wildman–Crippen LogP) is 13.6. The first-order valence-electron chi connectivity index (χ1n) is 26.4. The highest BCUT2D eigenvalue weighted by atomic mass is 16.3. The van der Waals surface area contributed by atoms with E-state index in [1.165, 1.54) is 33.6 Å². The first-order chi connectivity index (χ1) is 33.3. The van der Waals surface area contributed by atoms with Crippen molar-refractivity contribution in [1.29, 1.82) is 0 Å². The van der Waals surface area contributed by atoms with Gasteiger partial charge in [-0.05, 0) is 75.9 Å². The molecule has 2 N–H and O–H groups in total. The van der Waals surface area contributed by atoms with Gasteiger partial charge in [0.1, 0.15) is 24.6 Å². The lowest BCUT2D eigenvalue weighted by Gasteiger charge is -2.30. The third-order valence-corrected chi connectivity index (χ3v) is 16.6. The number of ketones is 2. The fraction of sp³-hybridized carbons (Fsp3) is 0.452. The van der Waals surface area contributed by atoms with Gasteiger partial charge in [0.05, 0.1) is 33.1 Å². The number of nitrogens with zero attached hydrogens (tertiary/aromatic N) is 4. The smallest absolute Gasteiger partial charge is 0.209 e. The molecule has 0 unspecified atom stereocenters. The van der Waals surface area contributed by atoms with Gasteiger partial charge in [-0.15, -0.1) is 0 Å². The third kappa shape index (κ3) is 7.44. The highest BCUT2D eigenvalue weighted by molar-refractivity contribution is 6.25. The van der Waals surface area contributed by atoms with Gasteiger partial charge in [-0.2, -0.15) is 9.15 Å². The van der Waals surface area contributed by atoms with Crippen LogP contribution in [0.4, 0.5) is 22.7 Å². The van der Waals surface area contributed by atoms with Crippen LogP contribution in [0.2, 0.25) is 0 Å². The van der Waals surface area contributed by atoms with Crippen LogP contribution >= 0.6 is 0 Å². The van der Waals surface area contributed by atoms with Crippen LogP contribution in [0.3, 0.4) is 0 Å². The molecule has 6 aliphatic rings. The average molecular weight is 941 g/mol. The van der Waals surface area contributed by atoms with Crippen molar-refractivity contribution in [3.63, 3.8) is 0 Å². The summed E-state index contributed by atoms with van der Waals surface area (Å²) in [6.07, 6.45) is 15.9. The number of hydrogen-bond donors (Lipinski definition) is 2. The first kappa shape index (κ1) is 49.0. The van der Waals surface area contributed by atoms with E-state index < -0.39 is 10.8 Å². The molecule has 0 amide bonds. The maximum atomic E-state index is 14.3. The molecule has 0 aromatic heterocycles. The normalized spacial score (nSPS) is 22.6. The minimum Gasteiger partial charge on any atom is -0.506 e. The Morgan fingerprint density at radius 2 is 0.857 bits per heavy atom. The topological polar surface area (TPSA) is 87.1 Å². The van der Waals surface area contributed by atoms with Crippen LogP contribution in [0.15, 0.2) is 130 Å². The van der Waals surface area contributed by atoms with Gasteiger partial charge in [0.15, 0.2) is 11.4 Å². The summed E-state index contributed by atoms with van der Waals surface area (Å²) in [5.41, 5.74) is 13.3. The Hall–Kier alpha value is -6.02. The molecule has 0 saturated heterocycles. The molecule has 0 spiro atoms. The number of para-hydroxylation sites is 2. The van der Waals surface area contributed by atoms with Gasteiger partial charge in [0, 0.05) is 94.9 Å². The number of carbonyl (C=O) groups excluding carboxylic acids is 2. The molecule has 0 bridgehead atoms. The summed E-state index contributed by atoms with van der Waals surface area (Å²) in [5.74, 6) is -0.138. The van der Waals surface area contributed by atoms with Crippen LogP contribution in [0.5, 0.6) is 0 Å². The average Bonchev–Trinajstić information content (AvgIpc) is 3.87. The van der Waals surface area contributed by atoms with E-state index in [1.807, 2.05) is 24.3 Å². The van der Waals surface area contributed by atoms with Crippen molar-refractivity contribution >= 4 is 45.7 Å². The predicted molar refractivity (Wildman–Crippen MR) is 287 cm³/mol. The maximum absolute atomic E-state index is 14.3. The van der Waals surface area contributed by atoms with Crippen molar-refractivity contribution in [2.75, 3.05) is 36.0 Å². The number of allylic oxidation sites excluding steroid dienone is 10. The molecule has 8 nitrogen and oxygen atoms in total. The van der Waals surface area contributed by atoms with Crippen molar-refractivity contribution in [3.8, 4) is 0 Å². The first-order valence-corrected chi connectivity index (χ1v) is 26.4. The number of anilines is 2. The van der Waals surface area contributed by atoms with Crippen LogP contribution in [0.25, 0.3) is 0 Å². The van der Waals surface area contributed by atoms with Gasteiger partial charge in [0.25, 0.3) is 0 Å². The zero-order chi connectivity index (χ0) is 50.2. The fourth-order valence-electron chi connectivity index (χ4n) is 12.2. The largest absolute Gasteiger partial charge is 0.506 e. The Morgan fingerprint density at radius 3 is 1.21 bits per heavy atom. The standard InChI is InChI=1S/C62H74N4O4/c1-13-17-29-63-47-27-23-21-25-43(47)59(5,6)51(63)33-39-55(67)41(56(39)68)35-53-61(9,10)45-37-46-50(38-49(45)65(53)31-19-15-3)66(32-20-16-4)54(62(46,11)12)36-42-57(69)40(58(42)70)34-52-60(7,8)44-26-22-24-28-48(44)64(52)30-18-14-2/h21-28,33-38H,13-20,29-32H2,1-12H3/p+2. The molecule has 0 saturated carbocycles. The quantitative estimate of drug-likeness (QED) is 0.110. The Morgan fingerprint density at radius 1 is 0.486 bits per heavy atom. The Labute approximate surface area is 417 Å². The lowest BCUT2D eigenvalue weighted by molar-refractivity contribution is -0.438. The van der Waals surface area contributed by atoms with Gasteiger partial charge in [-0.25, -0.2) is 0 Å². The zero-order valence-electron chi connectivity index (χ0n) is 44.1. The summed E-state index contributed by atoms with van der Waals surface area (Å²) in [6, 6.07) is 21.7. The van der Waals surface area contributed by atoms with E-state index in [0.29, 0.717) is 22.3 Å². The highest BCUT2D eigenvalue weighted by Gasteiger charge is 2.51. The molecule has 0 radical (unpaired) electrons. The van der Waals surface area contributed by atoms with E-state index in [4.69, 9.17) is 0 Å². The third-order valence-electron chi connectivity index (χ3n) is 16.6. The Bertz CT molecular complexity index is 2800. The number of benzene rings is 3. The van der Waals surface area contributed by atoms with Gasteiger partial charge in [-0.1, -0.05) is 117 Å². The highest BCUT2D eigenvalue weighted by Crippen LogP contribution is 2.57. The van der Waals surface area contributed by atoms with E-state index in [2.05, 4.69) is 163 Å². The second-order valence-corrected chi connectivity index (χ2v) is 22.6. The van der Waals surface area contributed by atoms with Gasteiger partial charge in [0.2, 0.25) is 22.9 Å². The monoisotopic (exact) mass is 941 g/mol. The molecule has 8 heteroatoms. The minimum atomic E-state index is -0.497. The minimum absolute atomic E-state index is 0.0594. The summed E-state index contributed by atoms with van der Waals surface area (Å²) < 4.78 is 4.68. The number of rotatable bonds is 16. The van der Waals surface area contributed by atoms with Crippen molar-refractivity contribution in [3.05, 3.63) is 152 Å². The molecule has 3 aromatic carbocycles. The molecular weight excluding hydrogens is 865 g/mol. The number of unbranched alkanes of at least 4 members (excludes halogenated alkanes) is 4. The summed E-state index contributed by atoms with van der Waals surface area (Å²) in [4.78, 5) is 33.4. The van der Waals surface area contributed by atoms with Gasteiger partial charge in [-0.3, -0.25) is 9.59 Å². The molecule has 9 rings (SSSR count). The summed E-state index contributed by atoms with van der Waals surface area (Å²) in [7, 11) is 0.